The van der Waals surface area contributed by atoms with E-state index in [-0.39, 0.29) is 5.54 Å². The molecule has 0 saturated carbocycles. The van der Waals surface area contributed by atoms with Crippen LogP contribution < -0.4 is 0 Å². The molecule has 0 aliphatic carbocycles. The van der Waals surface area contributed by atoms with Crippen molar-refractivity contribution in [2.75, 3.05) is 6.54 Å². The second kappa shape index (κ2) is 3.14. The molecule has 1 heterocycles. The number of rotatable bonds is 2. The molecule has 0 N–H and O–H groups in total. The molecule has 0 saturated heterocycles. The van der Waals surface area contributed by atoms with Gasteiger partial charge in [-0.1, -0.05) is 0 Å². The Morgan fingerprint density at radius 2 is 2.33 bits per heavy atom. The quantitative estimate of drug-likeness (QED) is 0.625. The van der Waals surface area contributed by atoms with Crippen LogP contribution in [0.4, 0.5) is 0 Å². The summed E-state index contributed by atoms with van der Waals surface area (Å²) in [5, 5.41) is 14.8. The van der Waals surface area contributed by atoms with Crippen molar-refractivity contribution in [3.63, 3.8) is 0 Å². The number of hydrazone groups is 1. The Balaban J connectivity index is 2.58. The van der Waals surface area contributed by atoms with Crippen molar-refractivity contribution in [3.8, 4) is 6.07 Å². The smallest absolute Gasteiger partial charge is 0.0641 e. The molecule has 3 heteroatoms. The molecule has 66 valence electrons. The molecule has 12 heavy (non-hydrogen) atoms. The highest BCUT2D eigenvalue weighted by Gasteiger charge is 2.31. The average molecular weight is 165 g/mol. The molecule has 0 aromatic heterocycles. The molecule has 1 aliphatic heterocycles. The Morgan fingerprint density at radius 1 is 1.67 bits per heavy atom. The van der Waals surface area contributed by atoms with Gasteiger partial charge in [-0.15, -0.1) is 0 Å². The third kappa shape index (κ3) is 1.76. The molecule has 0 aromatic rings. The normalized spacial score (nSPS) is 20.5. The van der Waals surface area contributed by atoms with Crippen molar-refractivity contribution in [3.05, 3.63) is 0 Å². The first-order valence-corrected chi connectivity index (χ1v) is 4.25. The predicted octanol–water partition coefficient (Wildman–Crippen LogP) is 1.76. The Kier molecular flexibility index (Phi) is 2.37. The molecule has 1 aliphatic rings. The van der Waals surface area contributed by atoms with Crippen molar-refractivity contribution >= 4 is 5.71 Å². The standard InChI is InChI=1S/C9H15N3/c1-8-7-9(2,3)12(11-8)6-4-5-10/h4,6-7H2,1-3H3. The van der Waals surface area contributed by atoms with E-state index >= 15 is 0 Å². The van der Waals surface area contributed by atoms with Gasteiger partial charge in [-0.3, -0.25) is 5.01 Å². The lowest BCUT2D eigenvalue weighted by Gasteiger charge is -2.29. The molecule has 0 radical (unpaired) electrons. The summed E-state index contributed by atoms with van der Waals surface area (Å²) in [4.78, 5) is 0. The minimum atomic E-state index is 0.112. The van der Waals surface area contributed by atoms with E-state index < -0.39 is 0 Å². The third-order valence-electron chi connectivity index (χ3n) is 2.11. The van der Waals surface area contributed by atoms with Gasteiger partial charge in [0.05, 0.1) is 18.0 Å². The van der Waals surface area contributed by atoms with Gasteiger partial charge in [0.2, 0.25) is 0 Å². The Hall–Kier alpha value is -1.04. The Morgan fingerprint density at radius 3 is 2.75 bits per heavy atom. The maximum atomic E-state index is 8.44. The van der Waals surface area contributed by atoms with E-state index in [0.29, 0.717) is 6.42 Å². The summed E-state index contributed by atoms with van der Waals surface area (Å²) in [5.41, 5.74) is 1.28. The summed E-state index contributed by atoms with van der Waals surface area (Å²) in [6, 6.07) is 2.14. The van der Waals surface area contributed by atoms with Gasteiger partial charge in [-0.05, 0) is 20.8 Å². The molecule has 0 amide bonds. The third-order valence-corrected chi connectivity index (χ3v) is 2.11. The maximum absolute atomic E-state index is 8.44. The molecular formula is C9H15N3. The first kappa shape index (κ1) is 9.05. The molecule has 0 aromatic carbocycles. The summed E-state index contributed by atoms with van der Waals surface area (Å²) in [6.07, 6.45) is 1.57. The first-order chi connectivity index (χ1) is 5.56. The fourth-order valence-electron chi connectivity index (χ4n) is 1.60. The second-order valence-corrected chi connectivity index (χ2v) is 3.86. The minimum absolute atomic E-state index is 0.112. The largest absolute Gasteiger partial charge is 0.290 e. The number of nitrogens with zero attached hydrogens (tertiary/aromatic N) is 3. The van der Waals surface area contributed by atoms with E-state index in [4.69, 9.17) is 5.26 Å². The molecular weight excluding hydrogens is 150 g/mol. The number of hydrogen-bond acceptors (Lipinski definition) is 3. The van der Waals surface area contributed by atoms with Crippen LogP contribution in [0.15, 0.2) is 5.10 Å². The van der Waals surface area contributed by atoms with Crippen LogP contribution in [-0.2, 0) is 0 Å². The van der Waals surface area contributed by atoms with Crippen LogP contribution in [0, 0.1) is 11.3 Å². The van der Waals surface area contributed by atoms with Gasteiger partial charge < -0.3 is 0 Å². The van der Waals surface area contributed by atoms with Crippen molar-refractivity contribution in [2.24, 2.45) is 5.10 Å². The van der Waals surface area contributed by atoms with Crippen LogP contribution in [-0.4, -0.2) is 22.8 Å². The highest BCUT2D eigenvalue weighted by Crippen LogP contribution is 2.26. The molecule has 0 unspecified atom stereocenters. The number of nitriles is 1. The van der Waals surface area contributed by atoms with Crippen molar-refractivity contribution in [1.29, 1.82) is 5.26 Å². The van der Waals surface area contributed by atoms with Crippen LogP contribution in [0.1, 0.15) is 33.6 Å². The van der Waals surface area contributed by atoms with Gasteiger partial charge in [0.1, 0.15) is 0 Å². The zero-order chi connectivity index (χ0) is 9.19. The van der Waals surface area contributed by atoms with Gasteiger partial charge in [0, 0.05) is 18.7 Å². The zero-order valence-corrected chi connectivity index (χ0v) is 7.96. The summed E-state index contributed by atoms with van der Waals surface area (Å²) < 4.78 is 0. The summed E-state index contributed by atoms with van der Waals surface area (Å²) in [5.74, 6) is 0. The molecule has 0 atom stereocenters. The number of hydrogen-bond donors (Lipinski definition) is 0. The Labute approximate surface area is 73.7 Å². The monoisotopic (exact) mass is 165 g/mol. The van der Waals surface area contributed by atoms with E-state index in [1.54, 1.807) is 0 Å². The van der Waals surface area contributed by atoms with Crippen LogP contribution in [0.2, 0.25) is 0 Å². The summed E-state index contributed by atoms with van der Waals surface area (Å²) in [6.45, 7) is 7.10. The maximum Gasteiger partial charge on any atom is 0.0641 e. The van der Waals surface area contributed by atoms with Gasteiger partial charge >= 0.3 is 0 Å². The van der Waals surface area contributed by atoms with Gasteiger partial charge in [0.15, 0.2) is 0 Å². The van der Waals surface area contributed by atoms with Crippen LogP contribution in [0.25, 0.3) is 0 Å². The summed E-state index contributed by atoms with van der Waals surface area (Å²) >= 11 is 0. The topological polar surface area (TPSA) is 39.4 Å². The first-order valence-electron chi connectivity index (χ1n) is 4.25. The lowest BCUT2D eigenvalue weighted by Crippen LogP contribution is -2.36. The predicted molar refractivity (Wildman–Crippen MR) is 48.7 cm³/mol. The molecule has 0 bridgehead atoms. The van der Waals surface area contributed by atoms with Gasteiger partial charge in [-0.2, -0.15) is 10.4 Å². The van der Waals surface area contributed by atoms with Gasteiger partial charge in [-0.25, -0.2) is 0 Å². The van der Waals surface area contributed by atoms with E-state index in [9.17, 15) is 0 Å². The highest BCUT2D eigenvalue weighted by atomic mass is 15.5. The van der Waals surface area contributed by atoms with Crippen LogP contribution in [0.3, 0.4) is 0 Å². The molecule has 0 fully saturated rings. The molecule has 1 rings (SSSR count). The van der Waals surface area contributed by atoms with Crippen molar-refractivity contribution in [2.45, 2.75) is 39.2 Å². The molecule has 0 spiro atoms. The van der Waals surface area contributed by atoms with Crippen LogP contribution >= 0.6 is 0 Å². The van der Waals surface area contributed by atoms with E-state index in [2.05, 4.69) is 25.0 Å². The van der Waals surface area contributed by atoms with Crippen molar-refractivity contribution < 1.29 is 0 Å². The minimum Gasteiger partial charge on any atom is -0.290 e. The lowest BCUT2D eigenvalue weighted by atomic mass is 9.99. The van der Waals surface area contributed by atoms with Crippen molar-refractivity contribution in [1.82, 2.24) is 5.01 Å². The Bertz CT molecular complexity index is 235. The van der Waals surface area contributed by atoms with E-state index in [1.807, 2.05) is 11.9 Å². The van der Waals surface area contributed by atoms with Gasteiger partial charge in [0.25, 0.3) is 0 Å². The van der Waals surface area contributed by atoms with E-state index in [1.165, 1.54) is 0 Å². The fraction of sp³-hybridized carbons (Fsp3) is 0.778. The molecule has 3 nitrogen and oxygen atoms in total. The second-order valence-electron chi connectivity index (χ2n) is 3.86. The summed E-state index contributed by atoms with van der Waals surface area (Å²) in [7, 11) is 0. The average Bonchev–Trinajstić information content (AvgIpc) is 2.20. The fourth-order valence-corrected chi connectivity index (χ4v) is 1.60. The van der Waals surface area contributed by atoms with E-state index in [0.717, 1.165) is 18.7 Å². The SMILES string of the molecule is CC1=NN(CCC#N)C(C)(C)C1. The van der Waals surface area contributed by atoms with Crippen LogP contribution in [0.5, 0.6) is 0 Å². The highest BCUT2D eigenvalue weighted by molar-refractivity contribution is 5.84. The zero-order valence-electron chi connectivity index (χ0n) is 7.96. The lowest BCUT2D eigenvalue weighted by molar-refractivity contribution is 0.156.